The van der Waals surface area contributed by atoms with E-state index in [0.29, 0.717) is 16.5 Å². The van der Waals surface area contributed by atoms with Gasteiger partial charge in [-0.2, -0.15) is 0 Å². The lowest BCUT2D eigenvalue weighted by Crippen LogP contribution is -2.39. The third-order valence-corrected chi connectivity index (χ3v) is 4.16. The van der Waals surface area contributed by atoms with Crippen molar-refractivity contribution in [2.75, 3.05) is 0 Å². The largest absolute Gasteiger partial charge is 0.474 e. The zero-order valence-electron chi connectivity index (χ0n) is 12.6. The molecule has 1 fully saturated rings. The predicted molar refractivity (Wildman–Crippen MR) is 87.6 cm³/mol. The lowest BCUT2D eigenvalue weighted by atomic mass is 9.92. The van der Waals surface area contributed by atoms with E-state index in [1.165, 1.54) is 0 Å². The summed E-state index contributed by atoms with van der Waals surface area (Å²) < 4.78 is 5.86. The fourth-order valence-electron chi connectivity index (χ4n) is 2.70. The van der Waals surface area contributed by atoms with Gasteiger partial charge in [0.25, 0.3) is 5.91 Å². The maximum Gasteiger partial charge on any atom is 0.251 e. The summed E-state index contributed by atoms with van der Waals surface area (Å²) in [4.78, 5) is 20.2. The molecule has 6 heteroatoms. The molecule has 0 aromatic carbocycles. The quantitative estimate of drug-likeness (QED) is 0.934. The molecule has 1 amide bonds. The second-order valence-electron chi connectivity index (χ2n) is 5.62. The van der Waals surface area contributed by atoms with Gasteiger partial charge in [0.1, 0.15) is 6.10 Å². The second-order valence-corrected chi connectivity index (χ2v) is 6.05. The number of nitrogens with one attached hydrogen (secondary N) is 1. The molecule has 1 aliphatic carbocycles. The minimum Gasteiger partial charge on any atom is -0.474 e. The van der Waals surface area contributed by atoms with Crippen molar-refractivity contribution in [3.8, 4) is 5.88 Å². The Morgan fingerprint density at radius 1 is 1.13 bits per heavy atom. The SMILES string of the molecule is O=C(NC1CCC(Oc2ccc(Cl)cn2)CC1)c1ccncc1. The first-order chi connectivity index (χ1) is 11.2. The van der Waals surface area contributed by atoms with Crippen LogP contribution in [0.2, 0.25) is 5.02 Å². The molecule has 0 atom stereocenters. The topological polar surface area (TPSA) is 64.1 Å². The van der Waals surface area contributed by atoms with E-state index >= 15 is 0 Å². The fourth-order valence-corrected chi connectivity index (χ4v) is 2.81. The van der Waals surface area contributed by atoms with E-state index in [1.54, 1.807) is 42.9 Å². The number of halogens is 1. The molecule has 120 valence electrons. The van der Waals surface area contributed by atoms with Gasteiger partial charge in [-0.3, -0.25) is 9.78 Å². The normalized spacial score (nSPS) is 20.7. The van der Waals surface area contributed by atoms with Gasteiger partial charge in [0, 0.05) is 36.3 Å². The average molecular weight is 332 g/mol. The van der Waals surface area contributed by atoms with Gasteiger partial charge in [-0.05, 0) is 43.9 Å². The predicted octanol–water partition coefficient (Wildman–Crippen LogP) is 3.25. The zero-order chi connectivity index (χ0) is 16.1. The third-order valence-electron chi connectivity index (χ3n) is 3.94. The molecule has 2 aromatic heterocycles. The van der Waals surface area contributed by atoms with E-state index in [-0.39, 0.29) is 18.1 Å². The summed E-state index contributed by atoms with van der Waals surface area (Å²) in [6.07, 6.45) is 8.55. The minimum absolute atomic E-state index is 0.0452. The number of hydrogen-bond donors (Lipinski definition) is 1. The van der Waals surface area contributed by atoms with E-state index in [4.69, 9.17) is 16.3 Å². The summed E-state index contributed by atoms with van der Waals surface area (Å²) in [6, 6.07) is 7.17. The number of nitrogens with zero attached hydrogens (tertiary/aromatic N) is 2. The fraction of sp³-hybridized carbons (Fsp3) is 0.353. The highest BCUT2D eigenvalue weighted by atomic mass is 35.5. The van der Waals surface area contributed by atoms with Crippen LogP contribution in [0.25, 0.3) is 0 Å². The number of ether oxygens (including phenoxy) is 1. The highest BCUT2D eigenvalue weighted by Gasteiger charge is 2.24. The molecule has 0 radical (unpaired) electrons. The second kappa shape index (κ2) is 7.42. The van der Waals surface area contributed by atoms with Crippen LogP contribution in [0.15, 0.2) is 42.9 Å². The molecule has 1 N–H and O–H groups in total. The van der Waals surface area contributed by atoms with E-state index in [2.05, 4.69) is 15.3 Å². The smallest absolute Gasteiger partial charge is 0.251 e. The van der Waals surface area contributed by atoms with E-state index in [9.17, 15) is 4.79 Å². The zero-order valence-corrected chi connectivity index (χ0v) is 13.4. The Balaban J connectivity index is 1.47. The number of pyridine rings is 2. The van der Waals surface area contributed by atoms with Gasteiger partial charge in [-0.15, -0.1) is 0 Å². The Bertz CT molecular complexity index is 641. The lowest BCUT2D eigenvalue weighted by Gasteiger charge is -2.29. The number of amides is 1. The van der Waals surface area contributed by atoms with Crippen LogP contribution >= 0.6 is 11.6 Å². The Morgan fingerprint density at radius 2 is 1.87 bits per heavy atom. The van der Waals surface area contributed by atoms with Crippen LogP contribution in [0, 0.1) is 0 Å². The molecule has 5 nitrogen and oxygen atoms in total. The van der Waals surface area contributed by atoms with Crippen molar-refractivity contribution >= 4 is 17.5 Å². The van der Waals surface area contributed by atoms with Crippen LogP contribution in [0.3, 0.4) is 0 Å². The number of aromatic nitrogens is 2. The van der Waals surface area contributed by atoms with Crippen molar-refractivity contribution in [1.29, 1.82) is 0 Å². The molecule has 3 rings (SSSR count). The molecule has 1 saturated carbocycles. The van der Waals surface area contributed by atoms with Gasteiger partial charge in [-0.1, -0.05) is 11.6 Å². The molecule has 0 aliphatic heterocycles. The summed E-state index contributed by atoms with van der Waals surface area (Å²) in [6.45, 7) is 0. The molecular formula is C17H18ClN3O2. The minimum atomic E-state index is -0.0452. The van der Waals surface area contributed by atoms with Crippen LogP contribution in [-0.4, -0.2) is 28.0 Å². The third kappa shape index (κ3) is 4.42. The summed E-state index contributed by atoms with van der Waals surface area (Å²) in [5.74, 6) is 0.551. The van der Waals surface area contributed by atoms with Crippen LogP contribution < -0.4 is 10.1 Å². The van der Waals surface area contributed by atoms with Gasteiger partial charge in [0.05, 0.1) is 5.02 Å². The lowest BCUT2D eigenvalue weighted by molar-refractivity contribution is 0.0890. The van der Waals surface area contributed by atoms with Crippen molar-refractivity contribution in [2.24, 2.45) is 0 Å². The maximum absolute atomic E-state index is 12.1. The van der Waals surface area contributed by atoms with Crippen molar-refractivity contribution in [2.45, 2.75) is 37.8 Å². The molecule has 0 spiro atoms. The summed E-state index contributed by atoms with van der Waals surface area (Å²) in [5.41, 5.74) is 0.642. The molecule has 2 aromatic rings. The van der Waals surface area contributed by atoms with Crippen LogP contribution in [0.4, 0.5) is 0 Å². The number of rotatable bonds is 4. The summed E-state index contributed by atoms with van der Waals surface area (Å²) in [5, 5.41) is 3.67. The Morgan fingerprint density at radius 3 is 2.52 bits per heavy atom. The molecular weight excluding hydrogens is 314 g/mol. The van der Waals surface area contributed by atoms with Gasteiger partial charge >= 0.3 is 0 Å². The average Bonchev–Trinajstić information content (AvgIpc) is 2.59. The Labute approximate surface area is 140 Å². The Kier molecular flexibility index (Phi) is 5.08. The maximum atomic E-state index is 12.1. The number of carbonyl (C=O) groups excluding carboxylic acids is 1. The van der Waals surface area contributed by atoms with Gasteiger partial charge in [0.15, 0.2) is 0 Å². The van der Waals surface area contributed by atoms with Crippen molar-refractivity contribution < 1.29 is 9.53 Å². The highest BCUT2D eigenvalue weighted by Crippen LogP contribution is 2.23. The molecule has 23 heavy (non-hydrogen) atoms. The highest BCUT2D eigenvalue weighted by molar-refractivity contribution is 6.30. The molecule has 0 bridgehead atoms. The van der Waals surface area contributed by atoms with Gasteiger partial charge < -0.3 is 10.1 Å². The van der Waals surface area contributed by atoms with Gasteiger partial charge in [0.2, 0.25) is 5.88 Å². The standard InChI is InChI=1S/C17H18ClN3O2/c18-13-1-6-16(20-11-13)23-15-4-2-14(3-5-15)21-17(22)12-7-9-19-10-8-12/h1,6-11,14-15H,2-5H2,(H,21,22). The monoisotopic (exact) mass is 331 g/mol. The van der Waals surface area contributed by atoms with Crippen molar-refractivity contribution in [3.05, 3.63) is 53.4 Å². The molecule has 0 unspecified atom stereocenters. The first kappa shape index (κ1) is 15.7. The molecule has 2 heterocycles. The van der Waals surface area contributed by atoms with E-state index in [0.717, 1.165) is 25.7 Å². The Hall–Kier alpha value is -2.14. The first-order valence-electron chi connectivity index (χ1n) is 7.70. The van der Waals surface area contributed by atoms with Crippen LogP contribution in [0.1, 0.15) is 36.0 Å². The summed E-state index contributed by atoms with van der Waals surface area (Å²) in [7, 11) is 0. The van der Waals surface area contributed by atoms with Crippen LogP contribution in [0.5, 0.6) is 5.88 Å². The van der Waals surface area contributed by atoms with Crippen LogP contribution in [-0.2, 0) is 0 Å². The van der Waals surface area contributed by atoms with Crippen molar-refractivity contribution in [3.63, 3.8) is 0 Å². The van der Waals surface area contributed by atoms with E-state index < -0.39 is 0 Å². The number of hydrogen-bond acceptors (Lipinski definition) is 4. The summed E-state index contributed by atoms with van der Waals surface area (Å²) >= 11 is 5.81. The van der Waals surface area contributed by atoms with Crippen molar-refractivity contribution in [1.82, 2.24) is 15.3 Å². The first-order valence-corrected chi connectivity index (χ1v) is 8.07. The molecule has 1 aliphatic rings. The van der Waals surface area contributed by atoms with Gasteiger partial charge in [-0.25, -0.2) is 4.98 Å². The number of carbonyl (C=O) groups is 1. The molecule has 0 saturated heterocycles. The van der Waals surface area contributed by atoms with E-state index in [1.807, 2.05) is 0 Å².